The fourth-order valence-electron chi connectivity index (χ4n) is 2.81. The molecule has 1 aliphatic carbocycles. The van der Waals surface area contributed by atoms with Crippen LogP contribution in [0.1, 0.15) is 40.9 Å². The standard InChI is InChI=1S/C15H14BrNO2/c16-9-6-7-13-11(8-9)14(15(18)19)10-4-2-1-3-5-12(10)17-13/h6-8H,1-5H2,(H,18,19)/p-1. The number of benzene rings is 1. The van der Waals surface area contributed by atoms with Gasteiger partial charge in [-0.3, -0.25) is 4.98 Å². The van der Waals surface area contributed by atoms with Gasteiger partial charge >= 0.3 is 0 Å². The number of hydrogen-bond donors (Lipinski definition) is 0. The van der Waals surface area contributed by atoms with E-state index in [0.717, 1.165) is 53.4 Å². The van der Waals surface area contributed by atoms with E-state index in [9.17, 15) is 9.90 Å². The van der Waals surface area contributed by atoms with E-state index < -0.39 is 5.97 Å². The Morgan fingerprint density at radius 1 is 1.21 bits per heavy atom. The molecule has 0 amide bonds. The van der Waals surface area contributed by atoms with Gasteiger partial charge in [-0.15, -0.1) is 0 Å². The molecule has 1 aromatic carbocycles. The lowest BCUT2D eigenvalue weighted by molar-refractivity contribution is -0.254. The first-order valence-electron chi connectivity index (χ1n) is 6.49. The minimum Gasteiger partial charge on any atom is -0.545 e. The Labute approximate surface area is 119 Å². The molecule has 1 aromatic heterocycles. The zero-order valence-corrected chi connectivity index (χ0v) is 12.0. The maximum absolute atomic E-state index is 11.6. The fourth-order valence-corrected chi connectivity index (χ4v) is 3.17. The predicted octanol–water partition coefficient (Wildman–Crippen LogP) is 2.63. The van der Waals surface area contributed by atoms with E-state index in [-0.39, 0.29) is 0 Å². The van der Waals surface area contributed by atoms with Crippen LogP contribution >= 0.6 is 15.9 Å². The van der Waals surface area contributed by atoms with Crippen molar-refractivity contribution in [2.45, 2.75) is 32.1 Å². The molecule has 0 aliphatic heterocycles. The number of halogens is 1. The monoisotopic (exact) mass is 318 g/mol. The van der Waals surface area contributed by atoms with Gasteiger partial charge < -0.3 is 9.90 Å². The molecule has 0 unspecified atom stereocenters. The lowest BCUT2D eigenvalue weighted by Crippen LogP contribution is -2.25. The van der Waals surface area contributed by atoms with Crippen LogP contribution in [0.15, 0.2) is 22.7 Å². The molecule has 98 valence electrons. The second-order valence-electron chi connectivity index (χ2n) is 4.92. The average molecular weight is 319 g/mol. The highest BCUT2D eigenvalue weighted by atomic mass is 79.9. The number of carbonyl (C=O) groups excluding carboxylic acids is 1. The van der Waals surface area contributed by atoms with E-state index in [0.29, 0.717) is 10.9 Å². The van der Waals surface area contributed by atoms with Crippen LogP contribution in [0.25, 0.3) is 10.9 Å². The number of aromatic nitrogens is 1. The van der Waals surface area contributed by atoms with Crippen LogP contribution in [-0.4, -0.2) is 11.0 Å². The van der Waals surface area contributed by atoms with Gasteiger partial charge in [0, 0.05) is 21.1 Å². The normalized spacial score (nSPS) is 15.0. The Hall–Kier alpha value is -1.42. The summed E-state index contributed by atoms with van der Waals surface area (Å²) in [5.74, 6) is -1.09. The number of aryl methyl sites for hydroxylation is 1. The van der Waals surface area contributed by atoms with Crippen molar-refractivity contribution >= 4 is 32.8 Å². The number of rotatable bonds is 1. The molecule has 0 saturated heterocycles. The van der Waals surface area contributed by atoms with Crippen molar-refractivity contribution in [2.24, 2.45) is 0 Å². The van der Waals surface area contributed by atoms with Crippen LogP contribution in [0.3, 0.4) is 0 Å². The first kappa shape index (κ1) is 12.6. The van der Waals surface area contributed by atoms with Crippen molar-refractivity contribution in [2.75, 3.05) is 0 Å². The van der Waals surface area contributed by atoms with Crippen molar-refractivity contribution in [3.05, 3.63) is 39.5 Å². The maximum atomic E-state index is 11.6. The van der Waals surface area contributed by atoms with Crippen LogP contribution in [0, 0.1) is 0 Å². The van der Waals surface area contributed by atoms with Gasteiger partial charge in [0.15, 0.2) is 0 Å². The number of fused-ring (bicyclic) bond motifs is 2. The smallest absolute Gasteiger partial charge is 0.0725 e. The summed E-state index contributed by atoms with van der Waals surface area (Å²) in [6, 6.07) is 5.56. The molecule has 0 spiro atoms. The molecule has 19 heavy (non-hydrogen) atoms. The quantitative estimate of drug-likeness (QED) is 0.759. The first-order valence-corrected chi connectivity index (χ1v) is 7.28. The molecule has 3 rings (SSSR count). The number of hydrogen-bond acceptors (Lipinski definition) is 3. The summed E-state index contributed by atoms with van der Waals surface area (Å²) in [6.45, 7) is 0. The van der Waals surface area contributed by atoms with Crippen LogP contribution < -0.4 is 5.11 Å². The molecule has 4 heteroatoms. The summed E-state index contributed by atoms with van der Waals surface area (Å²) in [5, 5.41) is 12.2. The van der Waals surface area contributed by atoms with E-state index in [1.165, 1.54) is 0 Å². The summed E-state index contributed by atoms with van der Waals surface area (Å²) in [7, 11) is 0. The van der Waals surface area contributed by atoms with Crippen molar-refractivity contribution < 1.29 is 9.90 Å². The minimum atomic E-state index is -1.09. The van der Waals surface area contributed by atoms with Crippen LogP contribution in [-0.2, 0) is 12.8 Å². The highest BCUT2D eigenvalue weighted by molar-refractivity contribution is 9.10. The van der Waals surface area contributed by atoms with Gasteiger partial charge in [0.25, 0.3) is 0 Å². The van der Waals surface area contributed by atoms with E-state index in [1.54, 1.807) is 0 Å². The van der Waals surface area contributed by atoms with Crippen LogP contribution in [0.5, 0.6) is 0 Å². The summed E-state index contributed by atoms with van der Waals surface area (Å²) >= 11 is 3.39. The minimum absolute atomic E-state index is 0.336. The van der Waals surface area contributed by atoms with Crippen molar-refractivity contribution in [3.8, 4) is 0 Å². The topological polar surface area (TPSA) is 53.0 Å². The highest BCUT2D eigenvalue weighted by Gasteiger charge is 2.17. The van der Waals surface area contributed by atoms with Gasteiger partial charge in [-0.1, -0.05) is 22.4 Å². The summed E-state index contributed by atoms with van der Waals surface area (Å²) < 4.78 is 0.859. The fraction of sp³-hybridized carbons (Fsp3) is 0.333. The molecule has 0 radical (unpaired) electrons. The molecule has 3 nitrogen and oxygen atoms in total. The van der Waals surface area contributed by atoms with Gasteiger partial charge in [-0.2, -0.15) is 0 Å². The van der Waals surface area contributed by atoms with Crippen molar-refractivity contribution in [1.82, 2.24) is 4.98 Å². The Bertz CT molecular complexity index is 667. The van der Waals surface area contributed by atoms with E-state index in [4.69, 9.17) is 0 Å². The highest BCUT2D eigenvalue weighted by Crippen LogP contribution is 2.29. The molecular weight excluding hydrogens is 306 g/mol. The Kier molecular flexibility index (Phi) is 3.27. The molecular formula is C15H13BrNO2-. The third kappa shape index (κ3) is 2.25. The molecule has 1 heterocycles. The van der Waals surface area contributed by atoms with Crippen LogP contribution in [0.2, 0.25) is 0 Å². The molecule has 0 fully saturated rings. The Morgan fingerprint density at radius 2 is 2.00 bits per heavy atom. The summed E-state index contributed by atoms with van der Waals surface area (Å²) in [6.07, 6.45) is 4.88. The Morgan fingerprint density at radius 3 is 2.79 bits per heavy atom. The number of nitrogens with zero attached hydrogens (tertiary/aromatic N) is 1. The summed E-state index contributed by atoms with van der Waals surface area (Å²) in [4.78, 5) is 16.2. The largest absolute Gasteiger partial charge is 0.545 e. The molecule has 0 saturated carbocycles. The number of pyridine rings is 1. The lowest BCUT2D eigenvalue weighted by Gasteiger charge is -2.16. The van der Waals surface area contributed by atoms with Gasteiger partial charge in [0.2, 0.25) is 0 Å². The number of carboxylic acid groups (broad SMARTS) is 1. The average Bonchev–Trinajstić information content (AvgIpc) is 2.60. The molecule has 0 atom stereocenters. The van der Waals surface area contributed by atoms with E-state index >= 15 is 0 Å². The predicted molar refractivity (Wildman–Crippen MR) is 75.0 cm³/mol. The maximum Gasteiger partial charge on any atom is 0.0725 e. The first-order chi connectivity index (χ1) is 9.16. The van der Waals surface area contributed by atoms with Crippen molar-refractivity contribution in [1.29, 1.82) is 0 Å². The zero-order chi connectivity index (χ0) is 13.4. The van der Waals surface area contributed by atoms with Gasteiger partial charge in [-0.05, 0) is 49.4 Å². The third-order valence-electron chi connectivity index (χ3n) is 3.68. The SMILES string of the molecule is O=C([O-])c1c2c(nc3ccc(Br)cc13)CCCCC2. The van der Waals surface area contributed by atoms with E-state index in [2.05, 4.69) is 20.9 Å². The van der Waals surface area contributed by atoms with Crippen LogP contribution in [0.4, 0.5) is 0 Å². The Balaban J connectivity index is 2.37. The second kappa shape index (κ2) is 4.93. The van der Waals surface area contributed by atoms with Crippen molar-refractivity contribution in [3.63, 3.8) is 0 Å². The molecule has 2 aromatic rings. The molecule has 0 N–H and O–H groups in total. The van der Waals surface area contributed by atoms with Gasteiger partial charge in [0.1, 0.15) is 0 Å². The number of aromatic carboxylic acids is 1. The van der Waals surface area contributed by atoms with Gasteiger partial charge in [0.05, 0.1) is 11.5 Å². The number of carbonyl (C=O) groups is 1. The van der Waals surface area contributed by atoms with Gasteiger partial charge in [-0.25, -0.2) is 0 Å². The number of carboxylic acids is 1. The summed E-state index contributed by atoms with van der Waals surface area (Å²) in [5.41, 5.74) is 2.89. The lowest BCUT2D eigenvalue weighted by atomic mass is 9.97. The zero-order valence-electron chi connectivity index (χ0n) is 10.4. The third-order valence-corrected chi connectivity index (χ3v) is 4.17. The second-order valence-corrected chi connectivity index (χ2v) is 5.84. The molecule has 1 aliphatic rings. The molecule has 0 bridgehead atoms. The van der Waals surface area contributed by atoms with E-state index in [1.807, 2.05) is 18.2 Å².